The minimum absolute atomic E-state index is 0.0149. The van der Waals surface area contributed by atoms with Gasteiger partial charge in [0.25, 0.3) is 5.91 Å². The van der Waals surface area contributed by atoms with Gasteiger partial charge in [0.05, 0.1) is 19.6 Å². The second kappa shape index (κ2) is 40.0. The summed E-state index contributed by atoms with van der Waals surface area (Å²) in [5, 5.41) is 45.7. The quantitative estimate of drug-likeness (QED) is 0.0516. The second-order valence-electron chi connectivity index (χ2n) is 22.3. The van der Waals surface area contributed by atoms with Crippen LogP contribution < -0.4 is 69.8 Å². The van der Waals surface area contributed by atoms with Gasteiger partial charge in [0.15, 0.2) is 5.96 Å². The van der Waals surface area contributed by atoms with Crippen LogP contribution in [0, 0.1) is 5.92 Å². The number of carbonyl (C=O) groups excluding carboxylic acids is 11. The van der Waals surface area contributed by atoms with Gasteiger partial charge in [0.1, 0.15) is 72.9 Å². The lowest BCUT2D eigenvalue weighted by Gasteiger charge is -2.31. The fourth-order valence-electron chi connectivity index (χ4n) is 9.61. The third kappa shape index (κ3) is 27.4. The minimum atomic E-state index is -1.83. The number of hydrogen-bond acceptors (Lipinski definition) is 20. The van der Waals surface area contributed by atoms with Gasteiger partial charge in [0, 0.05) is 42.5 Å². The Labute approximate surface area is 545 Å². The molecule has 1 aromatic carbocycles. The maximum Gasteiger partial charge on any atom is 0.305 e. The van der Waals surface area contributed by atoms with Crippen molar-refractivity contribution in [3.05, 3.63) is 29.3 Å². The summed E-state index contributed by atoms with van der Waals surface area (Å²) in [5.74, 6) is -12.7. The van der Waals surface area contributed by atoms with Gasteiger partial charge < -0.3 is 89.7 Å². The van der Waals surface area contributed by atoms with Crippen LogP contribution in [0.3, 0.4) is 0 Å². The zero-order chi connectivity index (χ0) is 67.9. The molecule has 1 saturated heterocycles. The molecule has 510 valence electrons. The van der Waals surface area contributed by atoms with E-state index in [9.17, 15) is 67.7 Å². The molecule has 9 atom stereocenters. The summed E-state index contributed by atoms with van der Waals surface area (Å²) >= 11 is 3.74. The highest BCUT2D eigenvalue weighted by molar-refractivity contribution is 7.99. The van der Waals surface area contributed by atoms with Crippen LogP contribution in [0.15, 0.2) is 28.3 Å². The summed E-state index contributed by atoms with van der Waals surface area (Å²) in [7, 11) is 0. The Morgan fingerprint density at radius 1 is 0.707 bits per heavy atom. The van der Waals surface area contributed by atoms with E-state index in [-0.39, 0.29) is 80.1 Å². The van der Waals surface area contributed by atoms with Crippen molar-refractivity contribution in [2.75, 3.05) is 56.4 Å². The van der Waals surface area contributed by atoms with E-state index in [1.807, 2.05) is 6.07 Å². The number of carbonyl (C=O) groups is 13. The molecule has 17 N–H and O–H groups in total. The second-order valence-corrected chi connectivity index (χ2v) is 25.3. The van der Waals surface area contributed by atoms with E-state index >= 15 is 4.79 Å². The number of nitrogens with one attached hydrogen (secondary N) is 9. The Morgan fingerprint density at radius 2 is 1.34 bits per heavy atom. The van der Waals surface area contributed by atoms with Crippen LogP contribution in [0.4, 0.5) is 0 Å². The molecule has 0 aliphatic carbocycles. The third-order valence-corrected chi connectivity index (χ3v) is 17.3. The first-order valence-corrected chi connectivity index (χ1v) is 33.8. The van der Waals surface area contributed by atoms with Gasteiger partial charge in [0.2, 0.25) is 59.1 Å². The molecule has 4 bridgehead atoms. The molecular formula is C57H87N15O17S3. The molecule has 3 aliphatic heterocycles. The number of oxime groups is 1. The van der Waals surface area contributed by atoms with Crippen molar-refractivity contribution < 1.29 is 82.1 Å². The summed E-state index contributed by atoms with van der Waals surface area (Å²) in [4.78, 5) is 187. The number of hydrogen-bond donors (Lipinski definition) is 14. The summed E-state index contributed by atoms with van der Waals surface area (Å²) in [6, 6.07) is -7.38. The fourth-order valence-corrected chi connectivity index (χ4v) is 12.1. The molecule has 0 spiro atoms. The Hall–Kier alpha value is -8.08. The van der Waals surface area contributed by atoms with Crippen molar-refractivity contribution in [3.8, 4) is 5.75 Å². The van der Waals surface area contributed by atoms with Crippen LogP contribution in [0.25, 0.3) is 0 Å². The van der Waals surface area contributed by atoms with Crippen molar-refractivity contribution in [3.63, 3.8) is 0 Å². The number of ether oxygens (including phenoxy) is 1. The summed E-state index contributed by atoms with van der Waals surface area (Å²) in [5.41, 5.74) is 18.2. The number of guanidine groups is 1. The first-order valence-electron chi connectivity index (χ1n) is 30.1. The van der Waals surface area contributed by atoms with Crippen molar-refractivity contribution in [1.82, 2.24) is 52.8 Å². The standard InChI is InChI=1S/C57H87N15O17S3/c1-31(2)47-55(86)64-32(3)49(80)62-25-43(73)66-37(13-14-45(75)76)51(82)69-40(48(58)79)29-91-27-33-21-34-23-35(22-33)88-18-7-5-6-8-19-89-63-26-44(74)65-36(11-9-16-61-57(59)60)50(81)70-41(30-92-28-34)56(87)72-17-10-12-42(72)54(85)67-38(15-20-90-4)52(83)68-39(24-46(77)78)53(84)71-47/h21-23,26,31-32,36-42,47H,5-20,24-25,27-30H2,1-4H3,(H2,58,79)(H,62,80)(H,64,86)(H,65,74)(H,66,73)(H,67,85)(H,68,83)(H,69,82)(H,70,81)(H,71,84)(H,75,76)(H,77,78)(H4,59,60,61)/b63-26+/t32-,36-,37-,38-,39-,40-,41-,42-,47-/m0/s1. The fraction of sp³-hybridized carbons (Fsp3) is 0.632. The first-order chi connectivity index (χ1) is 43.8. The number of aliphatic carboxylic acids is 2. The van der Waals surface area contributed by atoms with Crippen molar-refractivity contribution in [2.24, 2.45) is 33.3 Å². The third-order valence-electron chi connectivity index (χ3n) is 14.4. The van der Waals surface area contributed by atoms with Crippen molar-refractivity contribution >= 4 is 124 Å². The van der Waals surface area contributed by atoms with E-state index in [2.05, 4.69) is 58.0 Å². The van der Waals surface area contributed by atoms with E-state index < -0.39 is 163 Å². The van der Waals surface area contributed by atoms with Crippen LogP contribution in [-0.4, -0.2) is 215 Å². The Balaban J connectivity index is 1.81. The largest absolute Gasteiger partial charge is 0.494 e. The number of thioether (sulfide) groups is 3. The smallest absolute Gasteiger partial charge is 0.305 e. The summed E-state index contributed by atoms with van der Waals surface area (Å²) in [6.45, 7) is 4.12. The van der Waals surface area contributed by atoms with E-state index in [1.54, 1.807) is 18.4 Å². The average molecular weight is 1350 g/mol. The number of carboxylic acids is 2. The molecule has 3 heterocycles. The zero-order valence-corrected chi connectivity index (χ0v) is 54.4. The van der Waals surface area contributed by atoms with Crippen LogP contribution in [0.5, 0.6) is 5.75 Å². The Kier molecular flexibility index (Phi) is 33.2. The molecular weight excluding hydrogens is 1260 g/mol. The van der Waals surface area contributed by atoms with Crippen LogP contribution in [0.1, 0.15) is 109 Å². The number of carboxylic acid groups (broad SMARTS) is 2. The van der Waals surface area contributed by atoms with E-state index in [1.165, 1.54) is 61.0 Å². The molecule has 0 aromatic heterocycles. The minimum Gasteiger partial charge on any atom is -0.494 e. The molecule has 92 heavy (non-hydrogen) atoms. The first kappa shape index (κ1) is 76.4. The predicted molar refractivity (Wildman–Crippen MR) is 342 cm³/mol. The van der Waals surface area contributed by atoms with Gasteiger partial charge in [-0.25, -0.2) is 0 Å². The van der Waals surface area contributed by atoms with Crippen molar-refractivity contribution in [1.29, 1.82) is 0 Å². The molecule has 3 aliphatic rings. The summed E-state index contributed by atoms with van der Waals surface area (Å²) in [6.07, 6.45) is 3.86. The van der Waals surface area contributed by atoms with Gasteiger partial charge in [-0.3, -0.25) is 67.3 Å². The number of nitrogens with zero attached hydrogens (tertiary/aromatic N) is 3. The number of nitrogens with two attached hydrogens (primary N) is 3. The molecule has 0 saturated carbocycles. The summed E-state index contributed by atoms with van der Waals surface area (Å²) < 4.78 is 6.24. The van der Waals surface area contributed by atoms with E-state index in [4.69, 9.17) is 26.8 Å². The Bertz CT molecular complexity index is 2830. The van der Waals surface area contributed by atoms with E-state index in [0.29, 0.717) is 42.7 Å². The van der Waals surface area contributed by atoms with Crippen LogP contribution >= 0.6 is 35.3 Å². The van der Waals surface area contributed by atoms with Crippen LogP contribution in [0.2, 0.25) is 0 Å². The van der Waals surface area contributed by atoms with Gasteiger partial charge >= 0.3 is 11.9 Å². The average Bonchev–Trinajstić information content (AvgIpc) is 1.62. The lowest BCUT2D eigenvalue weighted by atomic mass is 10.0. The molecule has 1 aromatic rings. The number of fused-ring (bicyclic) bond motifs is 6. The molecule has 32 nitrogen and oxygen atoms in total. The van der Waals surface area contributed by atoms with Gasteiger partial charge in [-0.2, -0.15) is 35.3 Å². The highest BCUT2D eigenvalue weighted by Crippen LogP contribution is 2.27. The molecule has 4 rings (SSSR count). The van der Waals surface area contributed by atoms with E-state index in [0.717, 1.165) is 19.1 Å². The number of benzene rings is 1. The van der Waals surface area contributed by atoms with Crippen LogP contribution in [-0.2, 0) is 78.7 Å². The number of amides is 11. The van der Waals surface area contributed by atoms with Gasteiger partial charge in [-0.15, -0.1) is 0 Å². The normalized spacial score (nSPS) is 25.4. The number of primary amides is 1. The molecule has 35 heteroatoms. The lowest BCUT2D eigenvalue weighted by Crippen LogP contribution is -2.60. The molecule has 11 amide bonds. The van der Waals surface area contributed by atoms with Crippen molar-refractivity contribution in [2.45, 2.75) is 164 Å². The highest BCUT2D eigenvalue weighted by Gasteiger charge is 2.41. The molecule has 0 radical (unpaired) electrons. The maximum absolute atomic E-state index is 15.1. The maximum atomic E-state index is 15.1. The SMILES string of the molecule is CSCC[C@@H]1NC(=O)[C@@H]2CCCN2C(=O)[C@@H]2CSCc3cc(cc(c3)OCCCCCCO/N=C/C(=O)N[C@@H](CCCN=C(N)N)C(=O)N2)CSC[C@@H](C(N)=O)NC(=O)[C@H](CCC(=O)O)NC(=O)CNC(=O)[C@H](C)NC(=O)[C@H](C(C)C)NC(=O)[C@H](CC(=O)O)NC1=O. The predicted octanol–water partition coefficient (Wildman–Crippen LogP) is -2.59. The lowest BCUT2D eigenvalue weighted by molar-refractivity contribution is -0.142. The topological polar surface area (TPSA) is 495 Å². The Morgan fingerprint density at radius 3 is 1.99 bits per heavy atom. The molecule has 0 unspecified atom stereocenters. The molecule has 1 fully saturated rings. The van der Waals surface area contributed by atoms with Gasteiger partial charge in [-0.05, 0) is 112 Å². The van der Waals surface area contributed by atoms with Gasteiger partial charge in [-0.1, -0.05) is 25.1 Å². The number of aliphatic imine (C=N–C) groups is 1. The monoisotopic (exact) mass is 1350 g/mol. The zero-order valence-electron chi connectivity index (χ0n) is 52.0. The number of rotatable bonds is 14. The highest BCUT2D eigenvalue weighted by atomic mass is 32.2.